The van der Waals surface area contributed by atoms with Crippen LogP contribution in [0.4, 0.5) is 10.1 Å². The first-order valence-corrected chi connectivity index (χ1v) is 10.6. The van der Waals surface area contributed by atoms with Gasteiger partial charge < -0.3 is 15.2 Å². The highest BCUT2D eigenvalue weighted by atomic mass is 19.1. The lowest BCUT2D eigenvalue weighted by molar-refractivity contribution is -0.134. The van der Waals surface area contributed by atoms with Crippen molar-refractivity contribution in [2.45, 2.75) is 32.9 Å². The Balaban J connectivity index is 1.39. The maximum atomic E-state index is 13.1. The van der Waals surface area contributed by atoms with Crippen LogP contribution in [-0.2, 0) is 22.6 Å². The summed E-state index contributed by atoms with van der Waals surface area (Å²) in [5, 5.41) is 3.92. The molecule has 2 heterocycles. The molecule has 0 bridgehead atoms. The number of H-pyrrole nitrogens is 1. The molecule has 2 amide bonds. The van der Waals surface area contributed by atoms with Crippen LogP contribution in [0.1, 0.15) is 25.1 Å². The number of benzene rings is 2. The highest BCUT2D eigenvalue weighted by Crippen LogP contribution is 2.27. The van der Waals surface area contributed by atoms with Gasteiger partial charge in [-0.2, -0.15) is 0 Å². The number of hydrogen-bond acceptors (Lipinski definition) is 3. The Labute approximate surface area is 181 Å². The molecule has 4 rings (SSSR count). The Kier molecular flexibility index (Phi) is 6.04. The van der Waals surface area contributed by atoms with Crippen LogP contribution in [-0.4, -0.2) is 52.3 Å². The molecule has 0 spiro atoms. The van der Waals surface area contributed by atoms with E-state index < -0.39 is 0 Å². The lowest BCUT2D eigenvalue weighted by Gasteiger charge is -2.31. The van der Waals surface area contributed by atoms with Crippen LogP contribution in [0.2, 0.25) is 0 Å². The Morgan fingerprint density at radius 3 is 2.61 bits per heavy atom. The lowest BCUT2D eigenvalue weighted by atomic mass is 10.0. The number of para-hydroxylation sites is 1. The molecule has 0 radical (unpaired) electrons. The molecule has 31 heavy (non-hydrogen) atoms. The zero-order chi connectivity index (χ0) is 22.0. The van der Waals surface area contributed by atoms with Gasteiger partial charge in [0, 0.05) is 53.4 Å². The number of nitrogens with one attached hydrogen (secondary N) is 2. The van der Waals surface area contributed by atoms with Crippen LogP contribution in [0.3, 0.4) is 0 Å². The summed E-state index contributed by atoms with van der Waals surface area (Å²) in [7, 11) is 0. The maximum Gasteiger partial charge on any atom is 0.238 e. The van der Waals surface area contributed by atoms with Gasteiger partial charge >= 0.3 is 0 Å². The number of rotatable bonds is 6. The topological polar surface area (TPSA) is 68.4 Å². The van der Waals surface area contributed by atoms with Crippen molar-refractivity contribution < 1.29 is 14.0 Å². The quantitative estimate of drug-likeness (QED) is 0.639. The fraction of sp³-hybridized carbons (Fsp3) is 0.333. The predicted molar refractivity (Wildman–Crippen MR) is 119 cm³/mol. The molecule has 0 atom stereocenters. The average molecular weight is 423 g/mol. The molecule has 162 valence electrons. The van der Waals surface area contributed by atoms with E-state index in [1.807, 2.05) is 35.8 Å². The maximum absolute atomic E-state index is 13.1. The molecule has 2 aromatic carbocycles. The van der Waals surface area contributed by atoms with Crippen molar-refractivity contribution in [3.05, 3.63) is 65.6 Å². The molecule has 3 aromatic rings. The highest BCUT2D eigenvalue weighted by Gasteiger charge is 2.26. The average Bonchev–Trinajstić information content (AvgIpc) is 3.12. The minimum atomic E-state index is -0.354. The Morgan fingerprint density at radius 2 is 1.87 bits per heavy atom. The number of hydrogen-bond donors (Lipinski definition) is 2. The van der Waals surface area contributed by atoms with E-state index in [9.17, 15) is 14.0 Å². The summed E-state index contributed by atoms with van der Waals surface area (Å²) in [5.74, 6) is -0.572. The van der Waals surface area contributed by atoms with E-state index in [0.717, 1.165) is 17.3 Å². The first kappa shape index (κ1) is 21.1. The van der Waals surface area contributed by atoms with Crippen LogP contribution in [0.25, 0.3) is 10.9 Å². The third-order valence-corrected chi connectivity index (χ3v) is 5.78. The van der Waals surface area contributed by atoms with Crippen LogP contribution in [0, 0.1) is 5.82 Å². The van der Waals surface area contributed by atoms with E-state index in [4.69, 9.17) is 0 Å². The number of anilines is 1. The van der Waals surface area contributed by atoms with Crippen molar-refractivity contribution in [1.29, 1.82) is 0 Å². The molecule has 7 heteroatoms. The fourth-order valence-electron chi connectivity index (χ4n) is 3.99. The summed E-state index contributed by atoms with van der Waals surface area (Å²) in [4.78, 5) is 32.7. The van der Waals surface area contributed by atoms with Crippen LogP contribution < -0.4 is 5.32 Å². The first-order valence-electron chi connectivity index (χ1n) is 10.6. The summed E-state index contributed by atoms with van der Waals surface area (Å²) in [6.45, 7) is 5.43. The van der Waals surface area contributed by atoms with Gasteiger partial charge in [0.25, 0.3) is 0 Å². The number of carbonyl (C=O) groups is 2. The van der Waals surface area contributed by atoms with Gasteiger partial charge in [0.05, 0.1) is 13.1 Å². The Morgan fingerprint density at radius 1 is 1.13 bits per heavy atom. The van der Waals surface area contributed by atoms with Crippen molar-refractivity contribution in [1.82, 2.24) is 14.8 Å². The molecular formula is C24H27FN4O2. The predicted octanol–water partition coefficient (Wildman–Crippen LogP) is 3.54. The second-order valence-electron chi connectivity index (χ2n) is 8.25. The zero-order valence-corrected chi connectivity index (χ0v) is 17.8. The van der Waals surface area contributed by atoms with Crippen molar-refractivity contribution in [2.75, 3.05) is 25.0 Å². The van der Waals surface area contributed by atoms with Gasteiger partial charge in [-0.25, -0.2) is 4.39 Å². The molecule has 1 aliphatic heterocycles. The van der Waals surface area contributed by atoms with Crippen LogP contribution in [0.5, 0.6) is 0 Å². The summed E-state index contributed by atoms with van der Waals surface area (Å²) >= 11 is 0. The van der Waals surface area contributed by atoms with E-state index in [0.29, 0.717) is 18.8 Å². The number of fused-ring (bicyclic) bond motifs is 3. The molecule has 0 aliphatic carbocycles. The van der Waals surface area contributed by atoms with Crippen molar-refractivity contribution in [3.8, 4) is 0 Å². The van der Waals surface area contributed by atoms with Crippen molar-refractivity contribution in [3.63, 3.8) is 0 Å². The Bertz CT molecular complexity index is 1090. The zero-order valence-electron chi connectivity index (χ0n) is 17.8. The lowest BCUT2D eigenvalue weighted by Crippen LogP contribution is -2.47. The van der Waals surface area contributed by atoms with Crippen molar-refractivity contribution in [2.24, 2.45) is 0 Å². The van der Waals surface area contributed by atoms with Gasteiger partial charge in [0.1, 0.15) is 5.82 Å². The number of amides is 2. The minimum absolute atomic E-state index is 0.0132. The second-order valence-corrected chi connectivity index (χ2v) is 8.25. The summed E-state index contributed by atoms with van der Waals surface area (Å²) in [6.07, 6.45) is 0.794. The monoisotopic (exact) mass is 422 g/mol. The van der Waals surface area contributed by atoms with E-state index >= 15 is 0 Å². The van der Waals surface area contributed by atoms with E-state index in [1.165, 1.54) is 35.5 Å². The number of nitrogens with zero attached hydrogens (tertiary/aromatic N) is 2. The third-order valence-electron chi connectivity index (χ3n) is 5.78. The standard InChI is InChI=1S/C24H27FN4O2/c1-16(2)29(14-23(30)26-18-9-7-17(25)8-10-18)15-24(31)28-12-11-22-20(13-28)19-5-3-4-6-21(19)27-22/h3-10,16,27H,11-15H2,1-2H3,(H,26,30). The van der Waals surface area contributed by atoms with E-state index in [-0.39, 0.29) is 36.8 Å². The molecule has 0 fully saturated rings. The highest BCUT2D eigenvalue weighted by molar-refractivity contribution is 5.92. The fourth-order valence-corrected chi connectivity index (χ4v) is 3.99. The normalized spacial score (nSPS) is 13.6. The van der Waals surface area contributed by atoms with Crippen molar-refractivity contribution >= 4 is 28.4 Å². The number of aromatic nitrogens is 1. The van der Waals surface area contributed by atoms with Crippen LogP contribution >= 0.6 is 0 Å². The van der Waals surface area contributed by atoms with Gasteiger partial charge in [0.15, 0.2) is 0 Å². The van der Waals surface area contributed by atoms with E-state index in [2.05, 4.69) is 22.4 Å². The third kappa shape index (κ3) is 4.77. The molecule has 1 aromatic heterocycles. The molecule has 0 saturated heterocycles. The van der Waals surface area contributed by atoms with Gasteiger partial charge in [-0.15, -0.1) is 0 Å². The van der Waals surface area contributed by atoms with Gasteiger partial charge in [-0.1, -0.05) is 18.2 Å². The summed E-state index contributed by atoms with van der Waals surface area (Å²) < 4.78 is 13.1. The molecule has 1 aliphatic rings. The van der Waals surface area contributed by atoms with Gasteiger partial charge in [-0.05, 0) is 44.2 Å². The molecular weight excluding hydrogens is 395 g/mol. The largest absolute Gasteiger partial charge is 0.358 e. The number of aromatic amines is 1. The SMILES string of the molecule is CC(C)N(CC(=O)Nc1ccc(F)cc1)CC(=O)N1CCc2[nH]c3ccccc3c2C1. The molecule has 6 nitrogen and oxygen atoms in total. The molecule has 0 unspecified atom stereocenters. The van der Waals surface area contributed by atoms with Gasteiger partial charge in [0.2, 0.25) is 11.8 Å². The summed E-state index contributed by atoms with van der Waals surface area (Å²) in [5.41, 5.74) is 4.01. The molecule has 0 saturated carbocycles. The molecule has 2 N–H and O–H groups in total. The smallest absolute Gasteiger partial charge is 0.238 e. The number of carbonyl (C=O) groups excluding carboxylic acids is 2. The van der Waals surface area contributed by atoms with Crippen LogP contribution in [0.15, 0.2) is 48.5 Å². The summed E-state index contributed by atoms with van der Waals surface area (Å²) in [6, 6.07) is 13.8. The van der Waals surface area contributed by atoms with E-state index in [1.54, 1.807) is 0 Å². The minimum Gasteiger partial charge on any atom is -0.358 e. The Hall–Kier alpha value is -3.19. The second kappa shape index (κ2) is 8.89. The van der Waals surface area contributed by atoms with Gasteiger partial charge in [-0.3, -0.25) is 14.5 Å². The number of halogens is 1. The first-order chi connectivity index (χ1) is 14.9.